The third kappa shape index (κ3) is 6.53. The number of halogens is 2. The number of pyridine rings is 1. The Labute approximate surface area is 276 Å². The summed E-state index contributed by atoms with van der Waals surface area (Å²) in [6, 6.07) is 20.2. The van der Waals surface area contributed by atoms with Crippen LogP contribution in [0.4, 0.5) is 8.78 Å². The van der Waals surface area contributed by atoms with Crippen LogP contribution in [0.2, 0.25) is 0 Å². The third-order valence-electron chi connectivity index (χ3n) is 9.49. The van der Waals surface area contributed by atoms with Gasteiger partial charge in [0.25, 0.3) is 5.56 Å². The van der Waals surface area contributed by atoms with Crippen molar-refractivity contribution in [2.75, 3.05) is 26.3 Å². The van der Waals surface area contributed by atoms with E-state index in [2.05, 4.69) is 15.2 Å². The van der Waals surface area contributed by atoms with E-state index in [1.807, 2.05) is 24.3 Å². The fourth-order valence-corrected chi connectivity index (χ4v) is 6.98. The Bertz CT molecular complexity index is 2070. The number of aromatic nitrogens is 3. The lowest BCUT2D eigenvalue weighted by atomic mass is 9.90. The standard InChI is InChI=1S/C37H37F2N5O4/c38-27-20-33-35(41-22-27)43(30-6-3-5-24(18-30)32-13-12-31(45)19-26(32)23-42-14-16-48-17-15-42)37(47)44(36(33)46)29-10-8-28(9-11-29)40-21-25-4-1-2-7-34(25)39/h1-7,12-13,18-20,22,28-29,40,45H,8-11,14-17,21,23H2. The second kappa shape index (κ2) is 13.8. The second-order valence-corrected chi connectivity index (χ2v) is 12.6. The summed E-state index contributed by atoms with van der Waals surface area (Å²) in [5.74, 6) is -0.760. The molecule has 11 heteroatoms. The fraction of sp³-hybridized carbons (Fsp3) is 0.324. The number of aromatic hydroxyl groups is 1. The van der Waals surface area contributed by atoms with E-state index in [4.69, 9.17) is 4.74 Å². The van der Waals surface area contributed by atoms with Crippen LogP contribution in [-0.4, -0.2) is 56.5 Å². The maximum absolute atomic E-state index is 14.5. The molecule has 1 aliphatic carbocycles. The Morgan fingerprint density at radius 2 is 1.69 bits per heavy atom. The Hall–Kier alpha value is -4.71. The van der Waals surface area contributed by atoms with Gasteiger partial charge < -0.3 is 15.2 Å². The molecule has 9 nitrogen and oxygen atoms in total. The van der Waals surface area contributed by atoms with Gasteiger partial charge in [-0.05, 0) is 78.8 Å². The Balaban J connectivity index is 1.23. The molecular weight excluding hydrogens is 616 g/mol. The molecule has 3 aromatic carbocycles. The molecule has 2 fully saturated rings. The second-order valence-electron chi connectivity index (χ2n) is 12.6. The lowest BCUT2D eigenvalue weighted by molar-refractivity contribution is 0.0342. The van der Waals surface area contributed by atoms with Crippen molar-refractivity contribution in [1.82, 2.24) is 24.3 Å². The van der Waals surface area contributed by atoms with Crippen molar-refractivity contribution in [2.24, 2.45) is 0 Å². The molecule has 0 bridgehead atoms. The van der Waals surface area contributed by atoms with Crippen molar-refractivity contribution in [3.8, 4) is 22.6 Å². The van der Waals surface area contributed by atoms with Crippen molar-refractivity contribution >= 4 is 11.0 Å². The van der Waals surface area contributed by atoms with E-state index in [0.29, 0.717) is 63.2 Å². The fourth-order valence-electron chi connectivity index (χ4n) is 6.98. The van der Waals surface area contributed by atoms with Gasteiger partial charge in [-0.2, -0.15) is 0 Å². The van der Waals surface area contributed by atoms with E-state index in [1.165, 1.54) is 15.2 Å². The molecule has 7 rings (SSSR count). The number of hydrogen-bond acceptors (Lipinski definition) is 7. The Kier molecular flexibility index (Phi) is 9.16. The topological polar surface area (TPSA) is 102 Å². The molecule has 1 saturated heterocycles. The number of nitrogens with one attached hydrogen (secondary N) is 1. The largest absolute Gasteiger partial charge is 0.508 e. The maximum Gasteiger partial charge on any atom is 0.337 e. The summed E-state index contributed by atoms with van der Waals surface area (Å²) in [7, 11) is 0. The molecule has 5 aromatic rings. The number of rotatable bonds is 8. The number of phenols is 1. The number of benzene rings is 3. The summed E-state index contributed by atoms with van der Waals surface area (Å²) < 4.78 is 36.8. The molecule has 248 valence electrons. The third-order valence-corrected chi connectivity index (χ3v) is 9.49. The zero-order valence-corrected chi connectivity index (χ0v) is 26.4. The highest BCUT2D eigenvalue weighted by Crippen LogP contribution is 2.31. The summed E-state index contributed by atoms with van der Waals surface area (Å²) in [4.78, 5) is 34.6. The van der Waals surface area contributed by atoms with E-state index >= 15 is 0 Å². The highest BCUT2D eigenvalue weighted by Gasteiger charge is 2.27. The molecule has 48 heavy (non-hydrogen) atoms. The van der Waals surface area contributed by atoms with Gasteiger partial charge in [-0.1, -0.05) is 36.4 Å². The van der Waals surface area contributed by atoms with Gasteiger partial charge in [-0.25, -0.2) is 23.1 Å². The first-order chi connectivity index (χ1) is 23.4. The van der Waals surface area contributed by atoms with Crippen LogP contribution in [0, 0.1) is 11.6 Å². The van der Waals surface area contributed by atoms with Gasteiger partial charge in [0, 0.05) is 43.8 Å². The first-order valence-electron chi connectivity index (χ1n) is 16.4. The zero-order valence-electron chi connectivity index (χ0n) is 26.4. The number of nitrogens with zero attached hydrogens (tertiary/aromatic N) is 4. The lowest BCUT2D eigenvalue weighted by Gasteiger charge is -2.30. The van der Waals surface area contributed by atoms with Crippen molar-refractivity contribution in [3.63, 3.8) is 0 Å². The van der Waals surface area contributed by atoms with Crippen LogP contribution in [0.3, 0.4) is 0 Å². The summed E-state index contributed by atoms with van der Waals surface area (Å²) in [6.45, 7) is 3.86. The average molecular weight is 654 g/mol. The Morgan fingerprint density at radius 1 is 0.896 bits per heavy atom. The summed E-state index contributed by atoms with van der Waals surface area (Å²) in [6.07, 6.45) is 3.49. The molecule has 0 amide bonds. The van der Waals surface area contributed by atoms with Crippen molar-refractivity contribution in [3.05, 3.63) is 123 Å². The minimum absolute atomic E-state index is 0.0254. The van der Waals surface area contributed by atoms with Crippen LogP contribution >= 0.6 is 0 Å². The SMILES string of the molecule is O=c1c2cc(F)cnc2n(-c2cccc(-c3ccc(O)cc3CN3CCOCC3)c2)c(=O)n1C1CCC(NCc2ccccc2F)CC1. The van der Waals surface area contributed by atoms with Gasteiger partial charge in [0.1, 0.15) is 17.4 Å². The van der Waals surface area contributed by atoms with Crippen molar-refractivity contribution < 1.29 is 18.6 Å². The van der Waals surface area contributed by atoms with E-state index in [-0.39, 0.29) is 28.6 Å². The molecule has 2 aromatic heterocycles. The van der Waals surface area contributed by atoms with Crippen LogP contribution in [0.5, 0.6) is 5.75 Å². The summed E-state index contributed by atoms with van der Waals surface area (Å²) >= 11 is 0. The molecule has 0 atom stereocenters. The monoisotopic (exact) mass is 653 g/mol. The zero-order chi connectivity index (χ0) is 33.2. The molecule has 0 radical (unpaired) electrons. The molecule has 2 aliphatic rings. The summed E-state index contributed by atoms with van der Waals surface area (Å²) in [5.41, 5.74) is 2.70. The van der Waals surface area contributed by atoms with Crippen LogP contribution in [0.25, 0.3) is 27.8 Å². The highest BCUT2D eigenvalue weighted by atomic mass is 19.1. The van der Waals surface area contributed by atoms with Gasteiger partial charge in [0.2, 0.25) is 0 Å². The summed E-state index contributed by atoms with van der Waals surface area (Å²) in [5, 5.41) is 13.8. The van der Waals surface area contributed by atoms with Crippen molar-refractivity contribution in [2.45, 2.75) is 50.9 Å². The van der Waals surface area contributed by atoms with Gasteiger partial charge in [-0.3, -0.25) is 14.3 Å². The molecule has 0 spiro atoms. The molecule has 3 heterocycles. The predicted molar refractivity (Wildman–Crippen MR) is 179 cm³/mol. The number of morpholine rings is 1. The highest BCUT2D eigenvalue weighted by molar-refractivity contribution is 5.77. The van der Waals surface area contributed by atoms with Crippen molar-refractivity contribution in [1.29, 1.82) is 0 Å². The molecular formula is C37H37F2N5O4. The van der Waals surface area contributed by atoms with E-state index in [0.717, 1.165) is 42.0 Å². The smallest absolute Gasteiger partial charge is 0.337 e. The van der Waals surface area contributed by atoms with Crippen LogP contribution in [0.1, 0.15) is 42.9 Å². The van der Waals surface area contributed by atoms with Gasteiger partial charge in [0.15, 0.2) is 5.65 Å². The number of fused-ring (bicyclic) bond motifs is 1. The minimum Gasteiger partial charge on any atom is -0.508 e. The molecule has 1 saturated carbocycles. The minimum atomic E-state index is -0.664. The Morgan fingerprint density at radius 3 is 2.48 bits per heavy atom. The van der Waals surface area contributed by atoms with Gasteiger partial charge in [0.05, 0.1) is 30.5 Å². The van der Waals surface area contributed by atoms with E-state index in [9.17, 15) is 23.5 Å². The van der Waals surface area contributed by atoms with Gasteiger partial charge >= 0.3 is 5.69 Å². The number of hydrogen-bond donors (Lipinski definition) is 2. The van der Waals surface area contributed by atoms with Gasteiger partial charge in [-0.15, -0.1) is 0 Å². The molecule has 2 N–H and O–H groups in total. The van der Waals surface area contributed by atoms with E-state index < -0.39 is 23.1 Å². The first-order valence-corrected chi connectivity index (χ1v) is 16.4. The predicted octanol–water partition coefficient (Wildman–Crippen LogP) is 5.30. The van der Waals surface area contributed by atoms with Crippen LogP contribution < -0.4 is 16.6 Å². The first kappa shape index (κ1) is 31.9. The quantitative estimate of drug-likeness (QED) is 0.234. The molecule has 1 aliphatic heterocycles. The lowest BCUT2D eigenvalue weighted by Crippen LogP contribution is -2.44. The van der Waals surface area contributed by atoms with Crippen LogP contribution in [0.15, 0.2) is 88.6 Å². The number of ether oxygens (including phenoxy) is 1. The number of phenolic OH excluding ortho intramolecular Hbond substituents is 1. The maximum atomic E-state index is 14.5. The molecule has 0 unspecified atom stereocenters. The normalized spacial score (nSPS) is 18.7. The average Bonchev–Trinajstić information content (AvgIpc) is 3.09. The van der Waals surface area contributed by atoms with Crippen LogP contribution in [-0.2, 0) is 17.8 Å². The van der Waals surface area contributed by atoms with E-state index in [1.54, 1.807) is 36.4 Å².